The van der Waals surface area contributed by atoms with Crippen molar-refractivity contribution in [2.24, 2.45) is 5.92 Å². The van der Waals surface area contributed by atoms with E-state index in [9.17, 15) is 18.0 Å². The molecule has 1 unspecified atom stereocenters. The van der Waals surface area contributed by atoms with E-state index in [1.54, 1.807) is 11.8 Å². The molecule has 1 rings (SSSR count). The monoisotopic (exact) mass is 292 g/mol. The van der Waals surface area contributed by atoms with E-state index in [4.69, 9.17) is 5.11 Å². The van der Waals surface area contributed by atoms with Gasteiger partial charge in [0.05, 0.1) is 6.26 Å². The summed E-state index contributed by atoms with van der Waals surface area (Å²) in [5.74, 6) is -1.23. The number of carbonyl (C=O) groups is 2. The molecule has 0 radical (unpaired) electrons. The Hall–Kier alpha value is -1.15. The van der Waals surface area contributed by atoms with E-state index in [2.05, 4.69) is 0 Å². The van der Waals surface area contributed by atoms with Gasteiger partial charge in [-0.25, -0.2) is 8.42 Å². The lowest BCUT2D eigenvalue weighted by atomic mass is 10.0. The van der Waals surface area contributed by atoms with Crippen molar-refractivity contribution >= 4 is 21.9 Å². The van der Waals surface area contributed by atoms with Gasteiger partial charge in [-0.2, -0.15) is 4.31 Å². The summed E-state index contributed by atoms with van der Waals surface area (Å²) >= 11 is 0. The fourth-order valence-electron chi connectivity index (χ4n) is 2.07. The summed E-state index contributed by atoms with van der Waals surface area (Å²) < 4.78 is 24.0. The average molecular weight is 292 g/mol. The standard InChI is InChI=1S/C11H20N2O5S/c1-9(8-11(15)16)7-10(14)12-3-5-13(6-4-12)19(2,17)18/h9H,3-8H2,1-2H3,(H,15,16). The number of piperazine rings is 1. The molecule has 19 heavy (non-hydrogen) atoms. The van der Waals surface area contributed by atoms with Gasteiger partial charge in [-0.3, -0.25) is 9.59 Å². The summed E-state index contributed by atoms with van der Waals surface area (Å²) in [6.07, 6.45) is 1.31. The van der Waals surface area contributed by atoms with Gasteiger partial charge < -0.3 is 10.0 Å². The lowest BCUT2D eigenvalue weighted by molar-refractivity contribution is -0.138. The molecule has 1 aliphatic rings. The highest BCUT2D eigenvalue weighted by atomic mass is 32.2. The fraction of sp³-hybridized carbons (Fsp3) is 0.818. The van der Waals surface area contributed by atoms with Crippen molar-refractivity contribution < 1.29 is 23.1 Å². The maximum Gasteiger partial charge on any atom is 0.303 e. The zero-order chi connectivity index (χ0) is 14.6. The number of amides is 1. The summed E-state index contributed by atoms with van der Waals surface area (Å²) in [4.78, 5) is 24.0. The lowest BCUT2D eigenvalue weighted by Gasteiger charge is -2.33. The third-order valence-corrected chi connectivity index (χ3v) is 4.41. The minimum Gasteiger partial charge on any atom is -0.481 e. The predicted molar refractivity (Wildman–Crippen MR) is 69.0 cm³/mol. The lowest BCUT2D eigenvalue weighted by Crippen LogP contribution is -2.50. The SMILES string of the molecule is CC(CC(=O)O)CC(=O)N1CCN(S(C)(=O)=O)CC1. The van der Waals surface area contributed by atoms with E-state index in [0.29, 0.717) is 26.2 Å². The number of carboxylic acid groups (broad SMARTS) is 1. The summed E-state index contributed by atoms with van der Waals surface area (Å²) in [6.45, 7) is 3.06. The first-order valence-electron chi connectivity index (χ1n) is 6.15. The van der Waals surface area contributed by atoms with Gasteiger partial charge in [-0.05, 0) is 5.92 Å². The molecular weight excluding hydrogens is 272 g/mol. The van der Waals surface area contributed by atoms with Gasteiger partial charge in [-0.15, -0.1) is 0 Å². The van der Waals surface area contributed by atoms with Crippen LogP contribution in [0.5, 0.6) is 0 Å². The summed E-state index contributed by atoms with van der Waals surface area (Å²) in [7, 11) is -3.20. The first-order valence-corrected chi connectivity index (χ1v) is 7.99. The number of rotatable bonds is 5. The Balaban J connectivity index is 2.43. The number of nitrogens with zero attached hydrogens (tertiary/aromatic N) is 2. The van der Waals surface area contributed by atoms with E-state index < -0.39 is 16.0 Å². The molecule has 110 valence electrons. The van der Waals surface area contributed by atoms with Gasteiger partial charge >= 0.3 is 5.97 Å². The van der Waals surface area contributed by atoms with Crippen molar-refractivity contribution in [2.45, 2.75) is 19.8 Å². The van der Waals surface area contributed by atoms with Crippen molar-refractivity contribution in [2.75, 3.05) is 32.4 Å². The molecular formula is C11H20N2O5S. The Morgan fingerprint density at radius 3 is 2.11 bits per heavy atom. The van der Waals surface area contributed by atoms with Crippen LogP contribution in [0.25, 0.3) is 0 Å². The first-order chi connectivity index (χ1) is 8.70. The Kier molecular flexibility index (Phi) is 5.30. The van der Waals surface area contributed by atoms with Crippen molar-refractivity contribution in [3.8, 4) is 0 Å². The molecule has 1 saturated heterocycles. The highest BCUT2D eigenvalue weighted by molar-refractivity contribution is 7.88. The number of aliphatic carboxylic acids is 1. The quantitative estimate of drug-likeness (QED) is 0.743. The van der Waals surface area contributed by atoms with Crippen LogP contribution >= 0.6 is 0 Å². The summed E-state index contributed by atoms with van der Waals surface area (Å²) in [6, 6.07) is 0. The Labute approximate surface area is 113 Å². The highest BCUT2D eigenvalue weighted by Crippen LogP contribution is 2.12. The largest absolute Gasteiger partial charge is 0.481 e. The van der Waals surface area contributed by atoms with Gasteiger partial charge in [0.25, 0.3) is 0 Å². The normalized spacial score (nSPS) is 19.2. The highest BCUT2D eigenvalue weighted by Gasteiger charge is 2.26. The smallest absolute Gasteiger partial charge is 0.303 e. The maximum atomic E-state index is 11.9. The Bertz CT molecular complexity index is 440. The van der Waals surface area contributed by atoms with Gasteiger partial charge in [-0.1, -0.05) is 6.92 Å². The molecule has 1 heterocycles. The van der Waals surface area contributed by atoms with Crippen molar-refractivity contribution in [1.82, 2.24) is 9.21 Å². The molecule has 0 aromatic carbocycles. The molecule has 0 bridgehead atoms. The van der Waals surface area contributed by atoms with E-state index in [0.717, 1.165) is 6.26 Å². The molecule has 1 aliphatic heterocycles. The molecule has 1 amide bonds. The minimum atomic E-state index is -3.20. The first kappa shape index (κ1) is 15.9. The van der Waals surface area contributed by atoms with Crippen LogP contribution in [-0.4, -0.2) is 67.0 Å². The molecule has 7 nitrogen and oxygen atoms in total. The van der Waals surface area contributed by atoms with Gasteiger partial charge in [0.15, 0.2) is 0 Å². The molecule has 0 aromatic rings. The van der Waals surface area contributed by atoms with Crippen LogP contribution in [-0.2, 0) is 19.6 Å². The maximum absolute atomic E-state index is 11.9. The Morgan fingerprint density at radius 2 is 1.68 bits per heavy atom. The number of carboxylic acids is 1. The molecule has 8 heteroatoms. The third kappa shape index (κ3) is 5.15. The molecule has 0 aromatic heterocycles. The van der Waals surface area contributed by atoms with E-state index in [1.807, 2.05) is 0 Å². The molecule has 1 N–H and O–H groups in total. The summed E-state index contributed by atoms with van der Waals surface area (Å²) in [5.41, 5.74) is 0. The van der Waals surface area contributed by atoms with Crippen LogP contribution in [0.2, 0.25) is 0 Å². The van der Waals surface area contributed by atoms with Crippen molar-refractivity contribution in [3.63, 3.8) is 0 Å². The summed E-state index contributed by atoms with van der Waals surface area (Å²) in [5, 5.41) is 8.63. The topological polar surface area (TPSA) is 95.0 Å². The number of carbonyl (C=O) groups excluding carboxylic acids is 1. The Morgan fingerprint density at radius 1 is 1.16 bits per heavy atom. The van der Waals surface area contributed by atoms with Gasteiger partial charge in [0.2, 0.25) is 15.9 Å². The zero-order valence-electron chi connectivity index (χ0n) is 11.2. The van der Waals surface area contributed by atoms with Crippen LogP contribution in [0.15, 0.2) is 0 Å². The average Bonchev–Trinajstić information content (AvgIpc) is 2.26. The van der Waals surface area contributed by atoms with E-state index in [1.165, 1.54) is 4.31 Å². The molecule has 0 saturated carbocycles. The van der Waals surface area contributed by atoms with Crippen molar-refractivity contribution in [1.29, 1.82) is 0 Å². The van der Waals surface area contributed by atoms with Gasteiger partial charge in [0, 0.05) is 39.0 Å². The second kappa shape index (κ2) is 6.33. The van der Waals surface area contributed by atoms with Crippen LogP contribution in [0.4, 0.5) is 0 Å². The molecule has 1 fully saturated rings. The van der Waals surface area contributed by atoms with E-state index >= 15 is 0 Å². The van der Waals surface area contributed by atoms with Crippen LogP contribution in [0, 0.1) is 5.92 Å². The second-order valence-corrected chi connectivity index (χ2v) is 6.93. The van der Waals surface area contributed by atoms with Gasteiger partial charge in [0.1, 0.15) is 0 Å². The van der Waals surface area contributed by atoms with E-state index in [-0.39, 0.29) is 24.7 Å². The second-order valence-electron chi connectivity index (χ2n) is 4.95. The number of hydrogen-bond donors (Lipinski definition) is 1. The molecule has 0 spiro atoms. The predicted octanol–water partition coefficient (Wildman–Crippen LogP) is -0.409. The zero-order valence-corrected chi connectivity index (χ0v) is 12.0. The molecule has 1 atom stereocenters. The third-order valence-electron chi connectivity index (χ3n) is 3.11. The molecule has 0 aliphatic carbocycles. The van der Waals surface area contributed by atoms with Crippen LogP contribution < -0.4 is 0 Å². The van der Waals surface area contributed by atoms with Crippen molar-refractivity contribution in [3.05, 3.63) is 0 Å². The number of hydrogen-bond acceptors (Lipinski definition) is 4. The minimum absolute atomic E-state index is 0.0327. The fourth-order valence-corrected chi connectivity index (χ4v) is 2.89. The van der Waals surface area contributed by atoms with Crippen LogP contribution in [0.3, 0.4) is 0 Å². The number of sulfonamides is 1. The van der Waals surface area contributed by atoms with Crippen LogP contribution in [0.1, 0.15) is 19.8 Å².